The minimum absolute atomic E-state index is 0.0693. The van der Waals surface area contributed by atoms with Crippen LogP contribution >= 0.6 is 11.8 Å². The van der Waals surface area contributed by atoms with Crippen molar-refractivity contribution in [3.63, 3.8) is 0 Å². The molecule has 2 N–H and O–H groups in total. The lowest BCUT2D eigenvalue weighted by Crippen LogP contribution is -2.43. The van der Waals surface area contributed by atoms with Crippen LogP contribution in [-0.2, 0) is 31.6 Å². The Morgan fingerprint density at radius 2 is 1.88 bits per heavy atom. The molecule has 34 heavy (non-hydrogen) atoms. The fourth-order valence-electron chi connectivity index (χ4n) is 4.14. The van der Waals surface area contributed by atoms with Crippen LogP contribution in [0.4, 0.5) is 24.9 Å². The molecule has 1 aliphatic heterocycles. The van der Waals surface area contributed by atoms with Gasteiger partial charge in [0.1, 0.15) is 17.0 Å². The first-order valence-electron chi connectivity index (χ1n) is 11.1. The first-order valence-corrected chi connectivity index (χ1v) is 12.3. The highest BCUT2D eigenvalue weighted by Gasteiger charge is 2.35. The molecule has 3 aromatic heterocycles. The number of aryl methyl sites for hydroxylation is 3. The molecule has 0 amide bonds. The van der Waals surface area contributed by atoms with E-state index in [2.05, 4.69) is 30.7 Å². The predicted octanol–water partition coefficient (Wildman–Crippen LogP) is 3.75. The van der Waals surface area contributed by atoms with Crippen molar-refractivity contribution >= 4 is 34.7 Å². The molecular weight excluding hydrogens is 469 g/mol. The summed E-state index contributed by atoms with van der Waals surface area (Å²) >= 11 is 1.92. The maximum atomic E-state index is 13.1. The van der Waals surface area contributed by atoms with Gasteiger partial charge in [-0.2, -0.15) is 40.0 Å². The van der Waals surface area contributed by atoms with Crippen LogP contribution in [-0.4, -0.2) is 59.6 Å². The van der Waals surface area contributed by atoms with Gasteiger partial charge in [-0.15, -0.1) is 0 Å². The minimum Gasteiger partial charge on any atom is -0.373 e. The van der Waals surface area contributed by atoms with Crippen molar-refractivity contribution in [3.05, 3.63) is 23.3 Å². The van der Waals surface area contributed by atoms with Crippen molar-refractivity contribution < 1.29 is 17.9 Å². The number of rotatable bonds is 8. The predicted molar refractivity (Wildman–Crippen MR) is 126 cm³/mol. The quantitative estimate of drug-likeness (QED) is 0.485. The lowest BCUT2D eigenvalue weighted by molar-refractivity contribution is -0.143. The van der Waals surface area contributed by atoms with Crippen molar-refractivity contribution in [3.8, 4) is 0 Å². The normalized spacial score (nSPS) is 16.2. The van der Waals surface area contributed by atoms with Crippen molar-refractivity contribution in [2.45, 2.75) is 45.0 Å². The monoisotopic (exact) mass is 498 g/mol. The summed E-state index contributed by atoms with van der Waals surface area (Å²) in [6.07, 6.45) is -2.59. The molecule has 0 radical (unpaired) electrons. The van der Waals surface area contributed by atoms with Crippen LogP contribution in [0.5, 0.6) is 0 Å². The van der Waals surface area contributed by atoms with E-state index in [1.807, 2.05) is 37.2 Å². The van der Waals surface area contributed by atoms with Gasteiger partial charge < -0.3 is 19.9 Å². The summed E-state index contributed by atoms with van der Waals surface area (Å²) in [4.78, 5) is 13.7. The van der Waals surface area contributed by atoms with Gasteiger partial charge >= 0.3 is 6.18 Å². The number of nitrogens with zero attached hydrogens (tertiary/aromatic N) is 6. The van der Waals surface area contributed by atoms with E-state index >= 15 is 0 Å². The molecule has 4 rings (SSSR count). The molecule has 0 spiro atoms. The van der Waals surface area contributed by atoms with Crippen LogP contribution in [0.2, 0.25) is 0 Å². The van der Waals surface area contributed by atoms with E-state index in [9.17, 15) is 13.2 Å². The molecular formula is C21H29F3N8OS. The number of anilines is 2. The van der Waals surface area contributed by atoms with Crippen molar-refractivity contribution in [1.29, 1.82) is 0 Å². The summed E-state index contributed by atoms with van der Waals surface area (Å²) in [6.45, 7) is 5.11. The van der Waals surface area contributed by atoms with Crippen molar-refractivity contribution in [2.75, 3.05) is 35.3 Å². The number of fused-ring (bicyclic) bond motifs is 1. The maximum Gasteiger partial charge on any atom is 0.433 e. The Labute approximate surface area is 199 Å². The molecule has 0 aromatic carbocycles. The van der Waals surface area contributed by atoms with Gasteiger partial charge in [-0.05, 0) is 44.3 Å². The highest BCUT2D eigenvalue weighted by atomic mass is 32.2. The summed E-state index contributed by atoms with van der Waals surface area (Å²) in [5.41, 5.74) is 0.353. The van der Waals surface area contributed by atoms with Crippen LogP contribution in [0.25, 0.3) is 11.2 Å². The Balaban J connectivity index is 1.58. The van der Waals surface area contributed by atoms with Gasteiger partial charge in [-0.25, -0.2) is 4.98 Å². The molecule has 4 heterocycles. The van der Waals surface area contributed by atoms with Gasteiger partial charge in [0.25, 0.3) is 0 Å². The topological polar surface area (TPSA) is 94.7 Å². The number of imidazole rings is 1. The van der Waals surface area contributed by atoms with E-state index in [1.165, 1.54) is 7.05 Å². The molecule has 1 saturated heterocycles. The standard InChI is InChI=1S/C21H29F3N8OS/c1-5-33-20(6-8-34-9-7-20)12-26-19-28-17(16-18(29-19)27-13(2)31(16)3)25-11-14-10-15(21(22,23)24)32(4)30-14/h10H,5-9,11-12H2,1-4H3,(H2,25,26,28,29). The second-order valence-corrected chi connectivity index (χ2v) is 9.59. The van der Waals surface area contributed by atoms with Crippen LogP contribution in [0, 0.1) is 6.92 Å². The smallest absolute Gasteiger partial charge is 0.373 e. The van der Waals surface area contributed by atoms with Crippen LogP contribution < -0.4 is 10.6 Å². The Kier molecular flexibility index (Phi) is 6.94. The molecule has 0 unspecified atom stereocenters. The largest absolute Gasteiger partial charge is 0.433 e. The number of nitrogens with one attached hydrogen (secondary N) is 2. The zero-order chi connectivity index (χ0) is 24.5. The van der Waals surface area contributed by atoms with E-state index in [0.717, 1.165) is 40.9 Å². The number of aromatic nitrogens is 6. The van der Waals surface area contributed by atoms with Crippen LogP contribution in [0.15, 0.2) is 6.07 Å². The third kappa shape index (κ3) is 5.09. The van der Waals surface area contributed by atoms with Gasteiger partial charge in [-0.3, -0.25) is 4.68 Å². The third-order valence-electron chi connectivity index (χ3n) is 6.04. The average Bonchev–Trinajstić information content (AvgIpc) is 3.30. The number of hydrogen-bond acceptors (Lipinski definition) is 8. The third-order valence-corrected chi connectivity index (χ3v) is 7.02. The summed E-state index contributed by atoms with van der Waals surface area (Å²) in [5.74, 6) is 3.69. The van der Waals surface area contributed by atoms with Gasteiger partial charge in [0.2, 0.25) is 5.95 Å². The molecule has 0 atom stereocenters. The van der Waals surface area contributed by atoms with Crippen molar-refractivity contribution in [1.82, 2.24) is 29.3 Å². The summed E-state index contributed by atoms with van der Waals surface area (Å²) in [6, 6.07) is 1.03. The fraction of sp³-hybridized carbons (Fsp3) is 0.619. The lowest BCUT2D eigenvalue weighted by atomic mass is 9.96. The molecule has 186 valence electrons. The van der Waals surface area contributed by atoms with E-state index < -0.39 is 11.9 Å². The molecule has 1 fully saturated rings. The second kappa shape index (κ2) is 9.61. The summed E-state index contributed by atoms with van der Waals surface area (Å²) in [5, 5.41) is 10.4. The van der Waals surface area contributed by atoms with Crippen LogP contribution in [0.3, 0.4) is 0 Å². The lowest BCUT2D eigenvalue weighted by Gasteiger charge is -2.36. The van der Waals surface area contributed by atoms with Crippen molar-refractivity contribution in [2.24, 2.45) is 14.1 Å². The van der Waals surface area contributed by atoms with E-state index in [-0.39, 0.29) is 17.8 Å². The molecule has 1 aliphatic rings. The van der Waals surface area contributed by atoms with Gasteiger partial charge in [-0.1, -0.05) is 0 Å². The summed E-state index contributed by atoms with van der Waals surface area (Å²) < 4.78 is 48.2. The molecule has 0 aliphatic carbocycles. The highest BCUT2D eigenvalue weighted by molar-refractivity contribution is 7.99. The summed E-state index contributed by atoms with van der Waals surface area (Å²) in [7, 11) is 3.12. The number of halogens is 3. The number of ether oxygens (including phenoxy) is 1. The average molecular weight is 499 g/mol. The Morgan fingerprint density at radius 1 is 1.15 bits per heavy atom. The Bertz CT molecular complexity index is 1150. The number of alkyl halides is 3. The zero-order valence-electron chi connectivity index (χ0n) is 19.7. The molecule has 13 heteroatoms. The first-order chi connectivity index (χ1) is 16.1. The Hall–Kier alpha value is -2.54. The molecule has 0 saturated carbocycles. The van der Waals surface area contributed by atoms with Gasteiger partial charge in [0.15, 0.2) is 11.5 Å². The van der Waals surface area contributed by atoms with Gasteiger partial charge in [0, 0.05) is 27.2 Å². The van der Waals surface area contributed by atoms with E-state index in [1.54, 1.807) is 0 Å². The highest BCUT2D eigenvalue weighted by Crippen LogP contribution is 2.32. The first kappa shape index (κ1) is 24.6. The Morgan fingerprint density at radius 3 is 2.53 bits per heavy atom. The van der Waals surface area contributed by atoms with E-state index in [4.69, 9.17) is 4.74 Å². The zero-order valence-corrected chi connectivity index (χ0v) is 20.5. The molecule has 9 nitrogen and oxygen atoms in total. The molecule has 3 aromatic rings. The van der Waals surface area contributed by atoms with Gasteiger partial charge in [0.05, 0.1) is 17.8 Å². The van der Waals surface area contributed by atoms with E-state index in [0.29, 0.717) is 36.1 Å². The fourth-order valence-corrected chi connectivity index (χ4v) is 5.37. The minimum atomic E-state index is -4.47. The molecule has 0 bridgehead atoms. The number of thioether (sulfide) groups is 1. The van der Waals surface area contributed by atoms with Crippen LogP contribution in [0.1, 0.15) is 37.0 Å². The maximum absolute atomic E-state index is 13.1. The number of hydrogen-bond donors (Lipinski definition) is 2. The SMILES string of the molecule is CCOC1(CNc2nc(NCc3cc(C(F)(F)F)n(C)n3)c3c(n2)nc(C)n3C)CCSCC1. The second-order valence-electron chi connectivity index (χ2n) is 8.36.